The van der Waals surface area contributed by atoms with E-state index in [9.17, 15) is 9.59 Å². The van der Waals surface area contributed by atoms with Crippen molar-refractivity contribution in [1.29, 1.82) is 0 Å². The number of likely N-dealkylation sites (N-methyl/N-ethyl adjacent to an activating group) is 1. The van der Waals surface area contributed by atoms with Crippen LogP contribution in [0, 0.1) is 13.8 Å². The van der Waals surface area contributed by atoms with Gasteiger partial charge in [-0.15, -0.1) is 11.3 Å². The van der Waals surface area contributed by atoms with E-state index in [1.165, 1.54) is 16.9 Å². The minimum Gasteiger partial charge on any atom is -0.497 e. The number of benzene rings is 2. The third kappa shape index (κ3) is 5.92. The summed E-state index contributed by atoms with van der Waals surface area (Å²) in [6.07, 6.45) is 0.217. The Hall–Kier alpha value is -3.19. The molecule has 1 aromatic heterocycles. The summed E-state index contributed by atoms with van der Waals surface area (Å²) in [7, 11) is 1.57. The fraction of sp³-hybridized carbons (Fsp3) is 0.292. The summed E-state index contributed by atoms with van der Waals surface area (Å²) in [5.41, 5.74) is 3.64. The van der Waals surface area contributed by atoms with E-state index in [2.05, 4.69) is 10.3 Å². The number of anilines is 1. The normalized spacial score (nSPS) is 10.6. The molecule has 1 N–H and O–H groups in total. The number of aryl methyl sites for hydroxylation is 2. The van der Waals surface area contributed by atoms with Crippen molar-refractivity contribution in [3.05, 3.63) is 64.0 Å². The molecule has 0 radical (unpaired) electrons. The molecule has 0 saturated heterocycles. The summed E-state index contributed by atoms with van der Waals surface area (Å²) in [6, 6.07) is 15.3. The van der Waals surface area contributed by atoms with Crippen LogP contribution in [0.5, 0.6) is 5.75 Å². The molecule has 0 bridgehead atoms. The fourth-order valence-corrected chi connectivity index (χ4v) is 4.18. The first-order valence-corrected chi connectivity index (χ1v) is 11.0. The average Bonchev–Trinajstić information content (AvgIpc) is 3.12. The van der Waals surface area contributed by atoms with Gasteiger partial charge in [0.15, 0.2) is 0 Å². The lowest BCUT2D eigenvalue weighted by Crippen LogP contribution is -2.38. The highest BCUT2D eigenvalue weighted by molar-refractivity contribution is 7.12. The maximum atomic E-state index is 13.0. The Morgan fingerprint density at radius 2 is 1.87 bits per heavy atom. The first-order valence-electron chi connectivity index (χ1n) is 10.1. The number of aromatic nitrogens is 1. The lowest BCUT2D eigenvalue weighted by atomic mass is 10.1. The summed E-state index contributed by atoms with van der Waals surface area (Å²) in [5.74, 6) is 0.313. The molecule has 2 aromatic carbocycles. The quantitative estimate of drug-likeness (QED) is 0.565. The Bertz CT molecular complexity index is 1060. The molecule has 7 heteroatoms. The number of amides is 2. The molecule has 0 unspecified atom stereocenters. The molecule has 0 atom stereocenters. The molecule has 0 spiro atoms. The fourth-order valence-electron chi connectivity index (χ4n) is 3.23. The van der Waals surface area contributed by atoms with Gasteiger partial charge in [-0.25, -0.2) is 4.98 Å². The van der Waals surface area contributed by atoms with E-state index < -0.39 is 0 Å². The monoisotopic (exact) mass is 437 g/mol. The van der Waals surface area contributed by atoms with Crippen molar-refractivity contribution in [2.45, 2.75) is 27.2 Å². The van der Waals surface area contributed by atoms with Gasteiger partial charge in [0.25, 0.3) is 0 Å². The largest absolute Gasteiger partial charge is 0.497 e. The van der Waals surface area contributed by atoms with Crippen LogP contribution in [0.15, 0.2) is 48.5 Å². The molecular weight excluding hydrogens is 410 g/mol. The van der Waals surface area contributed by atoms with Crippen LogP contribution in [-0.2, 0) is 16.0 Å². The Balaban J connectivity index is 1.68. The van der Waals surface area contributed by atoms with Gasteiger partial charge in [-0.2, -0.15) is 0 Å². The number of hydrogen-bond donors (Lipinski definition) is 1. The first kappa shape index (κ1) is 22.5. The summed E-state index contributed by atoms with van der Waals surface area (Å²) < 4.78 is 5.18. The second kappa shape index (κ2) is 10.2. The number of nitrogens with zero attached hydrogens (tertiary/aromatic N) is 2. The molecule has 1 heterocycles. The van der Waals surface area contributed by atoms with Gasteiger partial charge >= 0.3 is 0 Å². The van der Waals surface area contributed by atoms with Gasteiger partial charge in [-0.3, -0.25) is 9.59 Å². The number of nitrogens with one attached hydrogen (secondary N) is 1. The van der Waals surface area contributed by atoms with E-state index in [1.807, 2.05) is 45.0 Å². The predicted octanol–water partition coefficient (Wildman–Crippen LogP) is 4.47. The predicted molar refractivity (Wildman–Crippen MR) is 125 cm³/mol. The standard InChI is InChI=1S/C24H27N3O3S/c1-5-27(15-22(28)26-19-7-6-8-20(13-19)30-4)23(29)14-21-24(25-17(3)31-21)18-11-9-16(2)10-12-18/h6-13H,5,14-15H2,1-4H3,(H,26,28). The van der Waals surface area contributed by atoms with Crippen LogP contribution in [-0.4, -0.2) is 41.9 Å². The second-order valence-electron chi connectivity index (χ2n) is 7.24. The molecule has 2 amide bonds. The molecule has 0 fully saturated rings. The number of ether oxygens (including phenoxy) is 1. The lowest BCUT2D eigenvalue weighted by Gasteiger charge is -2.20. The maximum Gasteiger partial charge on any atom is 0.243 e. The van der Waals surface area contributed by atoms with Gasteiger partial charge in [-0.1, -0.05) is 35.9 Å². The zero-order valence-corrected chi connectivity index (χ0v) is 19.1. The van der Waals surface area contributed by atoms with Crippen molar-refractivity contribution < 1.29 is 14.3 Å². The highest BCUT2D eigenvalue weighted by Crippen LogP contribution is 2.29. The smallest absolute Gasteiger partial charge is 0.243 e. The van der Waals surface area contributed by atoms with Crippen molar-refractivity contribution in [1.82, 2.24) is 9.88 Å². The van der Waals surface area contributed by atoms with Crippen molar-refractivity contribution in [2.24, 2.45) is 0 Å². The first-order chi connectivity index (χ1) is 14.9. The Kier molecular flexibility index (Phi) is 7.41. The SMILES string of the molecule is CCN(CC(=O)Nc1cccc(OC)c1)C(=O)Cc1sc(C)nc1-c1ccc(C)cc1. The van der Waals surface area contributed by atoms with Gasteiger partial charge in [0.05, 0.1) is 30.8 Å². The number of carbonyl (C=O) groups is 2. The van der Waals surface area contributed by atoms with Gasteiger partial charge in [-0.05, 0) is 32.9 Å². The summed E-state index contributed by atoms with van der Waals surface area (Å²) >= 11 is 1.52. The number of hydrogen-bond acceptors (Lipinski definition) is 5. The minimum absolute atomic E-state index is 0.00973. The van der Waals surface area contributed by atoms with Crippen LogP contribution >= 0.6 is 11.3 Å². The lowest BCUT2D eigenvalue weighted by molar-refractivity contribution is -0.133. The van der Waals surface area contributed by atoms with Crippen molar-refractivity contribution in [2.75, 3.05) is 25.5 Å². The number of carbonyl (C=O) groups excluding carboxylic acids is 2. The third-order valence-corrected chi connectivity index (χ3v) is 5.83. The zero-order chi connectivity index (χ0) is 22.4. The van der Waals surface area contributed by atoms with Crippen molar-refractivity contribution in [3.8, 4) is 17.0 Å². The molecule has 162 valence electrons. The van der Waals surface area contributed by atoms with Gasteiger partial charge < -0.3 is 15.0 Å². The van der Waals surface area contributed by atoms with Gasteiger partial charge in [0, 0.05) is 28.7 Å². The van der Waals surface area contributed by atoms with Crippen LogP contribution in [0.3, 0.4) is 0 Å². The Morgan fingerprint density at radius 1 is 1.13 bits per heavy atom. The van der Waals surface area contributed by atoms with Crippen LogP contribution < -0.4 is 10.1 Å². The number of thiazole rings is 1. The highest BCUT2D eigenvalue weighted by atomic mass is 32.1. The zero-order valence-electron chi connectivity index (χ0n) is 18.3. The molecule has 3 rings (SSSR count). The van der Waals surface area contributed by atoms with Gasteiger partial charge in [0.2, 0.25) is 11.8 Å². The van der Waals surface area contributed by atoms with E-state index in [0.717, 1.165) is 21.1 Å². The third-order valence-electron chi connectivity index (χ3n) is 4.86. The molecule has 31 heavy (non-hydrogen) atoms. The highest BCUT2D eigenvalue weighted by Gasteiger charge is 2.20. The summed E-state index contributed by atoms with van der Waals surface area (Å²) in [5, 5.41) is 3.74. The summed E-state index contributed by atoms with van der Waals surface area (Å²) in [4.78, 5) is 32.6. The van der Waals surface area contributed by atoms with E-state index >= 15 is 0 Å². The average molecular weight is 438 g/mol. The van der Waals surface area contributed by atoms with Crippen LogP contribution in [0.25, 0.3) is 11.3 Å². The van der Waals surface area contributed by atoms with E-state index in [-0.39, 0.29) is 24.8 Å². The van der Waals surface area contributed by atoms with E-state index in [1.54, 1.807) is 36.3 Å². The van der Waals surface area contributed by atoms with Crippen LogP contribution in [0.2, 0.25) is 0 Å². The molecule has 6 nitrogen and oxygen atoms in total. The van der Waals surface area contributed by atoms with Crippen LogP contribution in [0.4, 0.5) is 5.69 Å². The van der Waals surface area contributed by atoms with Gasteiger partial charge in [0.1, 0.15) is 5.75 Å². The second-order valence-corrected chi connectivity index (χ2v) is 8.52. The molecule has 3 aromatic rings. The maximum absolute atomic E-state index is 13.0. The molecule has 0 aliphatic rings. The Morgan fingerprint density at radius 3 is 2.55 bits per heavy atom. The van der Waals surface area contributed by atoms with Crippen molar-refractivity contribution in [3.63, 3.8) is 0 Å². The molecule has 0 saturated carbocycles. The molecule has 0 aliphatic carbocycles. The van der Waals surface area contributed by atoms with Crippen LogP contribution in [0.1, 0.15) is 22.4 Å². The Labute approximate surface area is 186 Å². The number of methoxy groups -OCH3 is 1. The topological polar surface area (TPSA) is 71.5 Å². The molecule has 0 aliphatic heterocycles. The van der Waals surface area contributed by atoms with E-state index in [0.29, 0.717) is 18.0 Å². The number of rotatable bonds is 8. The minimum atomic E-state index is -0.248. The summed E-state index contributed by atoms with van der Waals surface area (Å²) in [6.45, 7) is 6.29. The van der Waals surface area contributed by atoms with E-state index in [4.69, 9.17) is 4.74 Å². The van der Waals surface area contributed by atoms with Crippen molar-refractivity contribution >= 4 is 28.8 Å². The molecular formula is C24H27N3O3S.